The van der Waals surface area contributed by atoms with Gasteiger partial charge in [0, 0.05) is 11.7 Å². The van der Waals surface area contributed by atoms with Crippen LogP contribution in [0.15, 0.2) is 24.3 Å². The summed E-state index contributed by atoms with van der Waals surface area (Å²) in [6, 6.07) is 8.09. The lowest BCUT2D eigenvalue weighted by Gasteiger charge is -2.27. The third-order valence-corrected chi connectivity index (χ3v) is 6.29. The molecule has 4 nitrogen and oxygen atoms in total. The molecule has 0 heterocycles. The summed E-state index contributed by atoms with van der Waals surface area (Å²) in [7, 11) is 0. The summed E-state index contributed by atoms with van der Waals surface area (Å²) in [6.07, 6.45) is 8.90. The van der Waals surface area contributed by atoms with Crippen LogP contribution in [0.5, 0.6) is 0 Å². The van der Waals surface area contributed by atoms with Crippen molar-refractivity contribution in [1.29, 1.82) is 0 Å². The van der Waals surface area contributed by atoms with Gasteiger partial charge in [0.05, 0.1) is 18.6 Å². The van der Waals surface area contributed by atoms with Gasteiger partial charge in [0.1, 0.15) is 0 Å². The van der Waals surface area contributed by atoms with E-state index in [2.05, 4.69) is 5.32 Å². The number of ether oxygens (including phenoxy) is 1. The lowest BCUT2D eigenvalue weighted by atomic mass is 9.84. The van der Waals surface area contributed by atoms with Gasteiger partial charge in [-0.1, -0.05) is 25.0 Å². The molecule has 0 aromatic heterocycles. The summed E-state index contributed by atoms with van der Waals surface area (Å²) < 4.78 is 5.93. The van der Waals surface area contributed by atoms with E-state index in [-0.39, 0.29) is 17.9 Å². The van der Waals surface area contributed by atoms with Gasteiger partial charge in [-0.05, 0) is 61.6 Å². The third-order valence-electron chi connectivity index (χ3n) is 6.29. The molecule has 4 unspecified atom stereocenters. The van der Waals surface area contributed by atoms with Crippen LogP contribution >= 0.6 is 0 Å². The molecule has 0 radical (unpaired) electrons. The number of fused-ring (bicyclic) bond motifs is 2. The van der Waals surface area contributed by atoms with E-state index < -0.39 is 0 Å². The van der Waals surface area contributed by atoms with Crippen molar-refractivity contribution in [3.8, 4) is 0 Å². The Morgan fingerprint density at radius 3 is 2.46 bits per heavy atom. The van der Waals surface area contributed by atoms with E-state index in [1.807, 2.05) is 24.3 Å². The number of benzene rings is 1. The Kier molecular flexibility index (Phi) is 4.59. The predicted molar refractivity (Wildman–Crippen MR) is 94.4 cm³/mol. The van der Waals surface area contributed by atoms with Gasteiger partial charge in [-0.2, -0.15) is 0 Å². The highest BCUT2D eigenvalue weighted by Crippen LogP contribution is 2.47. The molecule has 3 aliphatic carbocycles. The van der Waals surface area contributed by atoms with E-state index in [0.29, 0.717) is 24.5 Å². The van der Waals surface area contributed by atoms with Crippen LogP contribution in [0, 0.1) is 17.8 Å². The minimum atomic E-state index is -0.00544. The van der Waals surface area contributed by atoms with Crippen molar-refractivity contribution < 1.29 is 9.53 Å². The molecule has 2 bridgehead atoms. The number of anilines is 1. The number of rotatable bonds is 5. The number of carbonyl (C=O) groups is 1. The van der Waals surface area contributed by atoms with Crippen LogP contribution in [-0.2, 0) is 16.1 Å². The van der Waals surface area contributed by atoms with E-state index in [1.165, 1.54) is 32.1 Å². The Bertz CT molecular complexity index is 578. The van der Waals surface area contributed by atoms with Gasteiger partial charge < -0.3 is 15.8 Å². The third kappa shape index (κ3) is 3.22. The monoisotopic (exact) mass is 328 g/mol. The van der Waals surface area contributed by atoms with Gasteiger partial charge in [-0.25, -0.2) is 0 Å². The second-order valence-electron chi connectivity index (χ2n) is 7.84. The smallest absolute Gasteiger partial charge is 0.229 e. The van der Waals surface area contributed by atoms with Gasteiger partial charge in [-0.15, -0.1) is 0 Å². The van der Waals surface area contributed by atoms with Crippen molar-refractivity contribution in [3.63, 3.8) is 0 Å². The van der Waals surface area contributed by atoms with Crippen molar-refractivity contribution in [1.82, 2.24) is 0 Å². The summed E-state index contributed by atoms with van der Waals surface area (Å²) in [6.45, 7) is 0.663. The Hall–Kier alpha value is -1.39. The first-order chi connectivity index (χ1) is 11.7. The van der Waals surface area contributed by atoms with Crippen LogP contribution in [0.25, 0.3) is 0 Å². The zero-order chi connectivity index (χ0) is 16.5. The molecule has 3 N–H and O–H groups in total. The molecular formula is C20H28N2O2. The molecule has 3 saturated carbocycles. The van der Waals surface area contributed by atoms with Crippen molar-refractivity contribution in [3.05, 3.63) is 29.8 Å². The van der Waals surface area contributed by atoms with Crippen LogP contribution in [0.2, 0.25) is 0 Å². The van der Waals surface area contributed by atoms with Crippen LogP contribution in [-0.4, -0.2) is 18.1 Å². The maximum atomic E-state index is 12.6. The normalized spacial score (nSPS) is 32.4. The standard InChI is InChI=1S/C20H28N2O2/c21-19-15-8-7-14(11-15)18(19)20(23)22-16-9-5-13(6-10-16)12-24-17-3-1-2-4-17/h5-6,9-10,14-15,17-19H,1-4,7-8,11-12,21H2,(H,22,23). The van der Waals surface area contributed by atoms with Crippen molar-refractivity contribution in [2.75, 3.05) is 5.32 Å². The molecule has 4 rings (SSSR count). The number of nitrogens with one attached hydrogen (secondary N) is 1. The van der Waals surface area contributed by atoms with Gasteiger partial charge in [0.2, 0.25) is 5.91 Å². The molecule has 4 atom stereocenters. The average molecular weight is 328 g/mol. The van der Waals surface area contributed by atoms with E-state index in [1.54, 1.807) is 0 Å². The topological polar surface area (TPSA) is 64.4 Å². The largest absolute Gasteiger partial charge is 0.374 e. The van der Waals surface area contributed by atoms with E-state index in [9.17, 15) is 4.79 Å². The SMILES string of the molecule is NC1C2CCC(C2)C1C(=O)Nc1ccc(COC2CCCC2)cc1. The molecular weight excluding hydrogens is 300 g/mol. The zero-order valence-electron chi connectivity index (χ0n) is 14.2. The fourth-order valence-corrected chi connectivity index (χ4v) is 4.90. The molecule has 4 heteroatoms. The average Bonchev–Trinajstić information content (AvgIpc) is 3.31. The number of nitrogens with two attached hydrogens (primary N) is 1. The maximum absolute atomic E-state index is 12.6. The van der Waals surface area contributed by atoms with E-state index in [0.717, 1.165) is 24.1 Å². The Morgan fingerprint density at radius 1 is 1.08 bits per heavy atom. The van der Waals surface area contributed by atoms with Gasteiger partial charge in [0.15, 0.2) is 0 Å². The second-order valence-corrected chi connectivity index (χ2v) is 7.84. The minimum absolute atomic E-state index is 0.00544. The van der Waals surface area contributed by atoms with Crippen molar-refractivity contribution >= 4 is 11.6 Å². The zero-order valence-corrected chi connectivity index (χ0v) is 14.2. The lowest BCUT2D eigenvalue weighted by molar-refractivity contribution is -0.121. The van der Waals surface area contributed by atoms with Crippen LogP contribution in [0.1, 0.15) is 50.5 Å². The molecule has 3 aliphatic rings. The molecule has 1 aromatic carbocycles. The lowest BCUT2D eigenvalue weighted by Crippen LogP contribution is -2.42. The second kappa shape index (κ2) is 6.85. The van der Waals surface area contributed by atoms with Crippen LogP contribution in [0.3, 0.4) is 0 Å². The summed E-state index contributed by atoms with van der Waals surface area (Å²) in [4.78, 5) is 12.6. The molecule has 1 amide bonds. The minimum Gasteiger partial charge on any atom is -0.374 e. The first-order valence-corrected chi connectivity index (χ1v) is 9.47. The summed E-state index contributed by atoms with van der Waals surface area (Å²) in [5.41, 5.74) is 8.29. The highest BCUT2D eigenvalue weighted by Gasteiger charge is 2.49. The summed E-state index contributed by atoms with van der Waals surface area (Å²) >= 11 is 0. The number of amides is 1. The number of carbonyl (C=O) groups excluding carboxylic acids is 1. The molecule has 0 saturated heterocycles. The predicted octanol–water partition coefficient (Wildman–Crippen LogP) is 3.46. The first kappa shape index (κ1) is 16.1. The molecule has 3 fully saturated rings. The number of hydrogen-bond acceptors (Lipinski definition) is 3. The summed E-state index contributed by atoms with van der Waals surface area (Å²) in [5, 5.41) is 3.06. The Labute approximate surface area is 144 Å². The van der Waals surface area contributed by atoms with E-state index >= 15 is 0 Å². The van der Waals surface area contributed by atoms with Crippen molar-refractivity contribution in [2.24, 2.45) is 23.5 Å². The van der Waals surface area contributed by atoms with Gasteiger partial charge in [-0.3, -0.25) is 4.79 Å². The number of hydrogen-bond donors (Lipinski definition) is 2. The van der Waals surface area contributed by atoms with Crippen LogP contribution in [0.4, 0.5) is 5.69 Å². The van der Waals surface area contributed by atoms with Gasteiger partial charge in [0.25, 0.3) is 0 Å². The van der Waals surface area contributed by atoms with Crippen LogP contribution < -0.4 is 11.1 Å². The highest BCUT2D eigenvalue weighted by atomic mass is 16.5. The van der Waals surface area contributed by atoms with Crippen molar-refractivity contribution in [2.45, 2.75) is 63.7 Å². The molecule has 24 heavy (non-hydrogen) atoms. The highest BCUT2D eigenvalue weighted by molar-refractivity contribution is 5.93. The Balaban J connectivity index is 1.31. The fourth-order valence-electron chi connectivity index (χ4n) is 4.90. The maximum Gasteiger partial charge on any atom is 0.229 e. The molecule has 0 spiro atoms. The van der Waals surface area contributed by atoms with Gasteiger partial charge >= 0.3 is 0 Å². The quantitative estimate of drug-likeness (QED) is 0.870. The fraction of sp³-hybridized carbons (Fsp3) is 0.650. The molecule has 0 aliphatic heterocycles. The summed E-state index contributed by atoms with van der Waals surface area (Å²) in [5.74, 6) is 1.14. The Morgan fingerprint density at radius 2 is 1.79 bits per heavy atom. The first-order valence-electron chi connectivity index (χ1n) is 9.47. The molecule has 130 valence electrons. The molecule has 1 aromatic rings. The van der Waals surface area contributed by atoms with E-state index in [4.69, 9.17) is 10.5 Å².